The van der Waals surface area contributed by atoms with E-state index in [1.165, 1.54) is 0 Å². The van der Waals surface area contributed by atoms with E-state index in [9.17, 15) is 4.79 Å². The van der Waals surface area contributed by atoms with E-state index in [-0.39, 0.29) is 12.0 Å². The molecule has 1 fully saturated rings. The highest BCUT2D eigenvalue weighted by Gasteiger charge is 2.19. The maximum Gasteiger partial charge on any atom is 0.255 e. The SMILES string of the molecule is CC(OCCCNC(=O)c1cccnc1N1CCOCC1)c1ccccc1. The number of aromatic nitrogens is 1. The van der Waals surface area contributed by atoms with Crippen molar-refractivity contribution in [2.45, 2.75) is 19.4 Å². The minimum absolute atomic E-state index is 0.0492. The fraction of sp³-hybridized carbons (Fsp3) is 0.429. The molecule has 1 aromatic heterocycles. The van der Waals surface area contributed by atoms with E-state index >= 15 is 0 Å². The van der Waals surface area contributed by atoms with Gasteiger partial charge in [-0.1, -0.05) is 30.3 Å². The molecule has 144 valence electrons. The lowest BCUT2D eigenvalue weighted by Gasteiger charge is -2.29. The van der Waals surface area contributed by atoms with Gasteiger partial charge in [-0.25, -0.2) is 4.98 Å². The third kappa shape index (κ3) is 5.52. The van der Waals surface area contributed by atoms with Crippen molar-refractivity contribution in [1.29, 1.82) is 0 Å². The third-order valence-corrected chi connectivity index (χ3v) is 4.59. The van der Waals surface area contributed by atoms with Crippen LogP contribution in [0.2, 0.25) is 0 Å². The lowest BCUT2D eigenvalue weighted by molar-refractivity contribution is 0.0635. The quantitative estimate of drug-likeness (QED) is 0.725. The van der Waals surface area contributed by atoms with Crippen LogP contribution in [0.15, 0.2) is 48.7 Å². The summed E-state index contributed by atoms with van der Waals surface area (Å²) in [5.74, 6) is 0.632. The summed E-state index contributed by atoms with van der Waals surface area (Å²) in [5.41, 5.74) is 1.77. The van der Waals surface area contributed by atoms with E-state index in [0.717, 1.165) is 30.9 Å². The predicted molar refractivity (Wildman–Crippen MR) is 105 cm³/mol. The van der Waals surface area contributed by atoms with Gasteiger partial charge in [-0.3, -0.25) is 4.79 Å². The zero-order valence-corrected chi connectivity index (χ0v) is 15.8. The van der Waals surface area contributed by atoms with E-state index < -0.39 is 0 Å². The molecule has 6 heteroatoms. The second kappa shape index (κ2) is 10.0. The molecule has 2 heterocycles. The summed E-state index contributed by atoms with van der Waals surface area (Å²) in [6.07, 6.45) is 2.53. The zero-order chi connectivity index (χ0) is 18.9. The van der Waals surface area contributed by atoms with Crippen molar-refractivity contribution < 1.29 is 14.3 Å². The Bertz CT molecular complexity index is 718. The second-order valence-corrected chi connectivity index (χ2v) is 6.51. The van der Waals surface area contributed by atoms with Crippen LogP contribution in [0.3, 0.4) is 0 Å². The van der Waals surface area contributed by atoms with Gasteiger partial charge in [0.05, 0.1) is 24.9 Å². The minimum atomic E-state index is -0.0966. The van der Waals surface area contributed by atoms with Crippen LogP contribution in [0, 0.1) is 0 Å². The van der Waals surface area contributed by atoms with Crippen molar-refractivity contribution in [2.75, 3.05) is 44.4 Å². The van der Waals surface area contributed by atoms with Gasteiger partial charge in [-0.15, -0.1) is 0 Å². The van der Waals surface area contributed by atoms with Gasteiger partial charge >= 0.3 is 0 Å². The van der Waals surface area contributed by atoms with Crippen LogP contribution in [0.4, 0.5) is 5.82 Å². The molecule has 0 bridgehead atoms. The molecule has 0 spiro atoms. The highest BCUT2D eigenvalue weighted by Crippen LogP contribution is 2.18. The minimum Gasteiger partial charge on any atom is -0.378 e. The number of carbonyl (C=O) groups is 1. The number of hydrogen-bond donors (Lipinski definition) is 1. The lowest BCUT2D eigenvalue weighted by Crippen LogP contribution is -2.38. The number of benzene rings is 1. The maximum absolute atomic E-state index is 12.6. The molecule has 1 N–H and O–H groups in total. The molecule has 6 nitrogen and oxygen atoms in total. The molecule has 1 unspecified atom stereocenters. The largest absolute Gasteiger partial charge is 0.378 e. The van der Waals surface area contributed by atoms with Gasteiger partial charge in [0.1, 0.15) is 5.82 Å². The smallest absolute Gasteiger partial charge is 0.255 e. The monoisotopic (exact) mass is 369 g/mol. The van der Waals surface area contributed by atoms with E-state index in [0.29, 0.717) is 31.9 Å². The highest BCUT2D eigenvalue weighted by molar-refractivity contribution is 5.98. The number of rotatable bonds is 8. The summed E-state index contributed by atoms with van der Waals surface area (Å²) < 4.78 is 11.2. The van der Waals surface area contributed by atoms with Gasteiger partial charge in [0, 0.05) is 32.4 Å². The van der Waals surface area contributed by atoms with E-state index in [1.807, 2.05) is 31.2 Å². The summed E-state index contributed by atoms with van der Waals surface area (Å²) in [6, 6.07) is 13.7. The van der Waals surface area contributed by atoms with Crippen molar-refractivity contribution in [1.82, 2.24) is 10.3 Å². The first-order chi connectivity index (χ1) is 13.3. The molecular formula is C21H27N3O3. The number of carbonyl (C=O) groups excluding carboxylic acids is 1. The zero-order valence-electron chi connectivity index (χ0n) is 15.8. The normalized spacial score (nSPS) is 15.4. The van der Waals surface area contributed by atoms with Crippen molar-refractivity contribution in [3.05, 3.63) is 59.8 Å². The van der Waals surface area contributed by atoms with Gasteiger partial charge in [-0.2, -0.15) is 0 Å². The highest BCUT2D eigenvalue weighted by atomic mass is 16.5. The standard InChI is InChI=1S/C21H27N3O3/c1-17(18-7-3-2-4-8-18)27-14-6-11-23-21(25)19-9-5-10-22-20(19)24-12-15-26-16-13-24/h2-5,7-10,17H,6,11-16H2,1H3,(H,23,25). The Labute approximate surface area is 160 Å². The number of amides is 1. The Morgan fingerprint density at radius 3 is 2.78 bits per heavy atom. The number of morpholine rings is 1. The first-order valence-corrected chi connectivity index (χ1v) is 9.48. The van der Waals surface area contributed by atoms with E-state index in [1.54, 1.807) is 12.3 Å². The molecule has 1 atom stereocenters. The lowest BCUT2D eigenvalue weighted by atomic mass is 10.1. The van der Waals surface area contributed by atoms with Gasteiger partial charge < -0.3 is 19.7 Å². The van der Waals surface area contributed by atoms with Crippen molar-refractivity contribution >= 4 is 11.7 Å². The summed E-state index contributed by atoms with van der Waals surface area (Å²) in [6.45, 7) is 6.03. The molecule has 1 aliphatic heterocycles. The second-order valence-electron chi connectivity index (χ2n) is 6.51. The Kier molecular flexibility index (Phi) is 7.19. The van der Waals surface area contributed by atoms with Crippen molar-refractivity contribution in [2.24, 2.45) is 0 Å². The molecule has 0 saturated carbocycles. The van der Waals surface area contributed by atoms with E-state index in [4.69, 9.17) is 9.47 Å². The number of anilines is 1. The molecule has 1 saturated heterocycles. The summed E-state index contributed by atoms with van der Waals surface area (Å²) in [7, 11) is 0. The molecule has 2 aromatic rings. The number of nitrogens with one attached hydrogen (secondary N) is 1. The van der Waals surface area contributed by atoms with Crippen molar-refractivity contribution in [3.8, 4) is 0 Å². The van der Waals surface area contributed by atoms with Crippen LogP contribution < -0.4 is 10.2 Å². The molecule has 1 amide bonds. The van der Waals surface area contributed by atoms with Crippen LogP contribution in [0.5, 0.6) is 0 Å². The number of ether oxygens (including phenoxy) is 2. The average molecular weight is 369 g/mol. The predicted octanol–water partition coefficient (Wildman–Crippen LogP) is 2.82. The number of pyridine rings is 1. The van der Waals surface area contributed by atoms with Crippen LogP contribution in [0.1, 0.15) is 35.4 Å². The van der Waals surface area contributed by atoms with Crippen molar-refractivity contribution in [3.63, 3.8) is 0 Å². The topological polar surface area (TPSA) is 63.7 Å². The van der Waals surface area contributed by atoms with Gasteiger partial charge in [-0.05, 0) is 31.0 Å². The maximum atomic E-state index is 12.6. The third-order valence-electron chi connectivity index (χ3n) is 4.59. The fourth-order valence-corrected chi connectivity index (χ4v) is 3.05. The molecule has 3 rings (SSSR count). The summed E-state index contributed by atoms with van der Waals surface area (Å²) >= 11 is 0. The van der Waals surface area contributed by atoms with Crippen LogP contribution in [-0.4, -0.2) is 50.3 Å². The Balaban J connectivity index is 1.44. The average Bonchev–Trinajstić information content (AvgIpc) is 2.74. The molecule has 1 aliphatic rings. The van der Waals surface area contributed by atoms with E-state index in [2.05, 4.69) is 27.3 Å². The Morgan fingerprint density at radius 1 is 1.22 bits per heavy atom. The first kappa shape index (κ1) is 19.3. The van der Waals surface area contributed by atoms with Gasteiger partial charge in [0.2, 0.25) is 0 Å². The number of hydrogen-bond acceptors (Lipinski definition) is 5. The number of nitrogens with zero attached hydrogens (tertiary/aromatic N) is 2. The first-order valence-electron chi connectivity index (χ1n) is 9.48. The Morgan fingerprint density at radius 2 is 2.00 bits per heavy atom. The molecule has 1 aromatic carbocycles. The van der Waals surface area contributed by atoms with Crippen LogP contribution >= 0.6 is 0 Å². The molecular weight excluding hydrogens is 342 g/mol. The molecule has 0 radical (unpaired) electrons. The Hall–Kier alpha value is -2.44. The fourth-order valence-electron chi connectivity index (χ4n) is 3.05. The van der Waals surface area contributed by atoms with Crippen LogP contribution in [0.25, 0.3) is 0 Å². The molecule has 0 aliphatic carbocycles. The summed E-state index contributed by atoms with van der Waals surface area (Å²) in [4.78, 5) is 19.1. The molecule has 27 heavy (non-hydrogen) atoms. The van der Waals surface area contributed by atoms with Gasteiger partial charge in [0.25, 0.3) is 5.91 Å². The summed E-state index contributed by atoms with van der Waals surface area (Å²) in [5, 5.41) is 2.98. The van der Waals surface area contributed by atoms with Gasteiger partial charge in [0.15, 0.2) is 0 Å². The van der Waals surface area contributed by atoms with Crippen LogP contribution in [-0.2, 0) is 9.47 Å².